The first kappa shape index (κ1) is 39.4. The molecule has 0 aliphatic heterocycles. The van der Waals surface area contributed by atoms with Gasteiger partial charge in [0.25, 0.3) is 0 Å². The second-order valence-electron chi connectivity index (χ2n) is 18.3. The number of Topliss-reactive ketones (excluding diaryl/α,β-unsaturated/α-hetero) is 1. The second kappa shape index (κ2) is 15.4. The minimum Gasteiger partial charge on any atom is -0.393 e. The molecule has 3 saturated carbocycles. The highest BCUT2D eigenvalue weighted by molar-refractivity contribution is 6.14. The molecule has 0 radical (unpaired) electrons. The second-order valence-corrected chi connectivity index (χ2v) is 18.3. The van der Waals surface area contributed by atoms with E-state index >= 15 is 4.79 Å². The van der Waals surface area contributed by atoms with Crippen LogP contribution in [0.3, 0.4) is 0 Å². The zero-order valence-electron chi connectivity index (χ0n) is 33.5. The molecule has 0 amide bonds. The normalized spacial score (nSPS) is 34.8. The van der Waals surface area contributed by atoms with Crippen molar-refractivity contribution < 1.29 is 29.6 Å². The number of carbonyl (C=O) groups excluding carboxylic acids is 1. The quantitative estimate of drug-likeness (QED) is 0.0820. The maximum absolute atomic E-state index is 15.5. The van der Waals surface area contributed by atoms with E-state index in [9.17, 15) is 15.3 Å². The first-order valence-electron chi connectivity index (χ1n) is 21.0. The number of rotatable bonds is 15. The third-order valence-corrected chi connectivity index (χ3v) is 15.4. The third kappa shape index (κ3) is 6.47. The molecular formula is C49H61NO6. The maximum atomic E-state index is 15.5. The predicted molar refractivity (Wildman–Crippen MR) is 220 cm³/mol. The highest BCUT2D eigenvalue weighted by atomic mass is 16.5. The zero-order valence-corrected chi connectivity index (χ0v) is 33.5. The van der Waals surface area contributed by atoms with Crippen molar-refractivity contribution >= 4 is 5.78 Å². The van der Waals surface area contributed by atoms with E-state index in [0.717, 1.165) is 60.8 Å². The smallest absolute Gasteiger partial charge is 0.190 e. The lowest BCUT2D eigenvalue weighted by molar-refractivity contribution is -0.177. The molecule has 0 heterocycles. The molecule has 1 unspecified atom stereocenters. The van der Waals surface area contributed by atoms with Crippen LogP contribution in [0.15, 0.2) is 109 Å². The summed E-state index contributed by atoms with van der Waals surface area (Å²) in [5, 5.41) is 35.6. The van der Waals surface area contributed by atoms with Crippen LogP contribution in [0.2, 0.25) is 0 Å². The van der Waals surface area contributed by atoms with Crippen LogP contribution in [-0.4, -0.2) is 83.8 Å². The van der Waals surface area contributed by atoms with Gasteiger partial charge in [-0.1, -0.05) is 117 Å². The molecule has 3 fully saturated rings. The largest absolute Gasteiger partial charge is 0.393 e. The van der Waals surface area contributed by atoms with Crippen LogP contribution in [-0.2, 0) is 16.1 Å². The topological polar surface area (TPSA) is 99.5 Å². The van der Waals surface area contributed by atoms with Gasteiger partial charge in [0.1, 0.15) is 0 Å². The van der Waals surface area contributed by atoms with Crippen molar-refractivity contribution in [1.29, 1.82) is 0 Å². The Morgan fingerprint density at radius 1 is 0.875 bits per heavy atom. The lowest BCUT2D eigenvalue weighted by atomic mass is 9.32. The number of hydrogen-bond acceptors (Lipinski definition) is 7. The molecule has 0 aromatic heterocycles. The maximum Gasteiger partial charge on any atom is 0.190 e. The summed E-state index contributed by atoms with van der Waals surface area (Å²) in [6, 6.07) is 28.2. The number of nitrogens with zero attached hydrogens (tertiary/aromatic N) is 1. The summed E-state index contributed by atoms with van der Waals surface area (Å²) >= 11 is 0. The average Bonchev–Trinajstić information content (AvgIpc) is 3.47. The Labute approximate surface area is 333 Å². The van der Waals surface area contributed by atoms with Crippen molar-refractivity contribution in [2.45, 2.75) is 89.6 Å². The van der Waals surface area contributed by atoms with Crippen molar-refractivity contribution in [2.24, 2.45) is 33.5 Å². The summed E-state index contributed by atoms with van der Waals surface area (Å²) in [6.07, 6.45) is 12.2. The van der Waals surface area contributed by atoms with E-state index < -0.39 is 34.1 Å². The van der Waals surface area contributed by atoms with Crippen LogP contribution in [0.1, 0.15) is 81.1 Å². The molecule has 0 saturated heterocycles. The number of hydrogen-bond donors (Lipinski definition) is 3. The Hall–Kier alpha value is -3.43. The van der Waals surface area contributed by atoms with Crippen molar-refractivity contribution in [2.75, 3.05) is 40.0 Å². The molecular weight excluding hydrogens is 699 g/mol. The number of benzene rings is 3. The summed E-state index contributed by atoms with van der Waals surface area (Å²) < 4.78 is 11.4. The third-order valence-electron chi connectivity index (χ3n) is 15.4. The number of carbonyl (C=O) groups is 1. The first-order chi connectivity index (χ1) is 27.0. The fourth-order valence-electron chi connectivity index (χ4n) is 12.6. The molecule has 7 nitrogen and oxygen atoms in total. The molecule has 298 valence electrons. The molecule has 2 bridgehead atoms. The van der Waals surface area contributed by atoms with Gasteiger partial charge in [0, 0.05) is 60.7 Å². The van der Waals surface area contributed by atoms with Crippen molar-refractivity contribution in [3.05, 3.63) is 120 Å². The fraction of sp³-hybridized carbons (Fsp3) is 0.531. The fourth-order valence-corrected chi connectivity index (χ4v) is 12.6. The summed E-state index contributed by atoms with van der Waals surface area (Å²) in [5.74, 6) is 0.318. The molecule has 9 atom stereocenters. The molecule has 6 aliphatic rings. The van der Waals surface area contributed by atoms with Crippen LogP contribution < -0.4 is 0 Å². The highest BCUT2D eigenvalue weighted by Gasteiger charge is 2.74. The molecule has 56 heavy (non-hydrogen) atoms. The van der Waals surface area contributed by atoms with Crippen LogP contribution in [0.5, 0.6) is 0 Å². The molecule has 7 heteroatoms. The predicted octanol–water partition coefficient (Wildman–Crippen LogP) is 8.04. The molecule has 3 N–H and O–H groups in total. The number of methoxy groups -OCH3 is 1. The van der Waals surface area contributed by atoms with Gasteiger partial charge in [0.05, 0.1) is 31.0 Å². The van der Waals surface area contributed by atoms with Gasteiger partial charge < -0.3 is 24.8 Å². The Balaban J connectivity index is 1.13. The summed E-state index contributed by atoms with van der Waals surface area (Å²) in [5.41, 5.74) is 2.01. The van der Waals surface area contributed by atoms with E-state index in [-0.39, 0.29) is 29.6 Å². The Bertz CT molecular complexity index is 1930. The summed E-state index contributed by atoms with van der Waals surface area (Å²) in [7, 11) is 1.71. The van der Waals surface area contributed by atoms with Crippen LogP contribution in [0.4, 0.5) is 0 Å². The number of aliphatic hydroxyl groups is 3. The van der Waals surface area contributed by atoms with E-state index in [1.54, 1.807) is 7.11 Å². The van der Waals surface area contributed by atoms with Crippen molar-refractivity contribution in [3.63, 3.8) is 0 Å². The Kier molecular flexibility index (Phi) is 10.8. The Morgan fingerprint density at radius 2 is 1.55 bits per heavy atom. The van der Waals surface area contributed by atoms with Crippen LogP contribution in [0, 0.1) is 33.5 Å². The molecule has 9 rings (SSSR count). The minimum absolute atomic E-state index is 0.0380. The molecule has 3 aromatic carbocycles. The number of allylic oxidation sites excluding steroid dienone is 4. The minimum atomic E-state index is -1.03. The van der Waals surface area contributed by atoms with Gasteiger partial charge in [-0.05, 0) is 85.3 Å². The van der Waals surface area contributed by atoms with Gasteiger partial charge in [-0.3, -0.25) is 9.69 Å². The van der Waals surface area contributed by atoms with Crippen molar-refractivity contribution in [3.8, 4) is 11.1 Å². The first-order valence-corrected chi connectivity index (χ1v) is 21.0. The number of ether oxygens (including phenoxy) is 2. The van der Waals surface area contributed by atoms with Crippen LogP contribution >= 0.6 is 0 Å². The number of fused-ring (bicyclic) bond motifs is 1. The van der Waals surface area contributed by atoms with E-state index in [4.69, 9.17) is 9.47 Å². The van der Waals surface area contributed by atoms with Gasteiger partial charge in [-0.25, -0.2) is 0 Å². The number of ketones is 1. The average molecular weight is 760 g/mol. The van der Waals surface area contributed by atoms with Gasteiger partial charge in [-0.2, -0.15) is 0 Å². The van der Waals surface area contributed by atoms with Crippen molar-refractivity contribution in [1.82, 2.24) is 4.90 Å². The van der Waals surface area contributed by atoms with Crippen LogP contribution in [0.25, 0.3) is 11.1 Å². The zero-order chi connectivity index (χ0) is 39.2. The van der Waals surface area contributed by atoms with E-state index in [1.807, 2.05) is 66.7 Å². The Morgan fingerprint density at radius 3 is 2.32 bits per heavy atom. The monoisotopic (exact) mass is 759 g/mol. The lowest BCUT2D eigenvalue weighted by Gasteiger charge is -2.71. The summed E-state index contributed by atoms with van der Waals surface area (Å²) in [4.78, 5) is 17.7. The van der Waals surface area contributed by atoms with Gasteiger partial charge in [0.2, 0.25) is 0 Å². The molecule has 3 aromatic rings. The van der Waals surface area contributed by atoms with E-state index in [1.165, 1.54) is 0 Å². The molecule has 6 aliphatic carbocycles. The van der Waals surface area contributed by atoms with Gasteiger partial charge >= 0.3 is 0 Å². The standard InChI is InChI=1S/C49H61NO6/c1-45-22-19-37(51)29-47(45)25-26-49(41(30-47)44(53)40-18-11-10-17-39(40)36-15-8-5-9-16-36)42(45)20-23-46(2)43(49)21-24-48(46,54)34-50(27-12-28-55-3)31-38(52)33-56-32-35-13-6-4-7-14-35/h4-11,13-18,25-26,30,37-38,42-43,51-52,54H,12,19-24,27-29,31-34H2,1-3H3/t37?,38-,42-,43-,45-,46+,47+,48-,49-/m1/s1. The molecule has 2 spiro atoms. The SMILES string of the molecule is COCCCN(C[C@@H](O)COCc1ccccc1)C[C@]1(O)CC[C@H]2[C@]34C=C[C@@]5(C=C3C(=O)c3ccccc3-c3ccccc3)CC(O)CC[C@]5(C)[C@H]4CC[C@@]21C. The van der Waals surface area contributed by atoms with Gasteiger partial charge in [0.15, 0.2) is 5.78 Å². The van der Waals surface area contributed by atoms with E-state index in [2.05, 4.69) is 55.2 Å². The highest BCUT2D eigenvalue weighted by Crippen LogP contribution is 2.78. The van der Waals surface area contributed by atoms with Gasteiger partial charge in [-0.15, -0.1) is 0 Å². The lowest BCUT2D eigenvalue weighted by Crippen LogP contribution is -2.67. The summed E-state index contributed by atoms with van der Waals surface area (Å²) in [6.45, 7) is 7.47. The van der Waals surface area contributed by atoms with E-state index in [0.29, 0.717) is 51.3 Å². The number of aliphatic hydroxyl groups excluding tert-OH is 2.